The zero-order valence-electron chi connectivity index (χ0n) is 29.9. The van der Waals surface area contributed by atoms with E-state index in [1.165, 1.54) is 13.2 Å². The highest BCUT2D eigenvalue weighted by Gasteiger charge is 2.39. The molecule has 0 amide bonds. The molecule has 0 spiro atoms. The van der Waals surface area contributed by atoms with Gasteiger partial charge >= 0.3 is 5.97 Å². The first kappa shape index (κ1) is 36.8. The lowest BCUT2D eigenvalue weighted by atomic mass is 9.92. The van der Waals surface area contributed by atoms with Gasteiger partial charge in [0.05, 0.1) is 28.9 Å². The van der Waals surface area contributed by atoms with Crippen LogP contribution in [0, 0.1) is 12.7 Å². The topological polar surface area (TPSA) is 74.5 Å². The van der Waals surface area contributed by atoms with E-state index in [0.717, 1.165) is 59.1 Å². The molecule has 2 unspecified atom stereocenters. The van der Waals surface area contributed by atoms with Crippen molar-refractivity contribution >= 4 is 49.3 Å². The number of benzene rings is 2. The maximum atomic E-state index is 15.4. The number of carbonyl (C=O) groups is 1. The number of esters is 1. The fourth-order valence-corrected chi connectivity index (χ4v) is 8.08. The average Bonchev–Trinajstić information content (AvgIpc) is 3.42. The standard InChI is InChI=1S/C39H46Br2FN3O5/c1-23-12-8-9-21-48-39(6)17-19-44(20-18-39)36-29(33(37(46)47-7)50-38(3,4)5)24(2)30(40)35-43-31(34(41)45(35)36)26-14-10-13-25(22-26)27-15-11-16-28(42)32(27)49-23/h10-11,13-16,22-23,33H,8-9,12,17-21H2,1-7H3. The second-order valence-electron chi connectivity index (χ2n) is 14.6. The van der Waals surface area contributed by atoms with Crippen LogP contribution < -0.4 is 9.64 Å². The Kier molecular flexibility index (Phi) is 10.7. The molecule has 3 aliphatic rings. The molecule has 11 heteroatoms. The molecule has 0 aliphatic carbocycles. The predicted molar refractivity (Wildman–Crippen MR) is 201 cm³/mol. The van der Waals surface area contributed by atoms with Gasteiger partial charge in [0.2, 0.25) is 0 Å². The fourth-order valence-electron chi connectivity index (χ4n) is 6.95. The molecule has 268 valence electrons. The van der Waals surface area contributed by atoms with E-state index < -0.39 is 23.5 Å². The van der Waals surface area contributed by atoms with Gasteiger partial charge in [-0.3, -0.25) is 4.40 Å². The Hall–Kier alpha value is -2.99. The minimum Gasteiger partial charge on any atom is -0.487 e. The van der Waals surface area contributed by atoms with Crippen LogP contribution in [0.3, 0.4) is 0 Å². The van der Waals surface area contributed by atoms with Gasteiger partial charge in [-0.15, -0.1) is 0 Å². The summed E-state index contributed by atoms with van der Waals surface area (Å²) in [5.41, 5.74) is 4.32. The summed E-state index contributed by atoms with van der Waals surface area (Å²) in [4.78, 5) is 21.1. The highest BCUT2D eigenvalue weighted by Crippen LogP contribution is 2.45. The molecule has 0 N–H and O–H groups in total. The number of fused-ring (bicyclic) bond motifs is 8. The molecule has 2 atom stereocenters. The molecular weight excluding hydrogens is 769 g/mol. The number of carbonyl (C=O) groups excluding carboxylic acids is 1. The van der Waals surface area contributed by atoms with E-state index in [9.17, 15) is 4.79 Å². The molecule has 3 aliphatic heterocycles. The van der Waals surface area contributed by atoms with E-state index in [0.29, 0.717) is 46.8 Å². The quantitative estimate of drug-likeness (QED) is 0.191. The number of hydrogen-bond donors (Lipinski definition) is 0. The summed E-state index contributed by atoms with van der Waals surface area (Å²) in [6.07, 6.45) is 2.98. The number of aromatic nitrogens is 2. The van der Waals surface area contributed by atoms with Crippen LogP contribution in [0.25, 0.3) is 28.0 Å². The number of ether oxygens (including phenoxy) is 4. The Morgan fingerprint density at radius 1 is 1.10 bits per heavy atom. The third-order valence-electron chi connectivity index (χ3n) is 9.66. The van der Waals surface area contributed by atoms with Crippen molar-refractivity contribution in [3.63, 3.8) is 0 Å². The van der Waals surface area contributed by atoms with Gasteiger partial charge in [-0.25, -0.2) is 14.2 Å². The zero-order valence-corrected chi connectivity index (χ0v) is 33.0. The number of imidazole rings is 1. The van der Waals surface area contributed by atoms with Crippen LogP contribution in [-0.4, -0.2) is 59.5 Å². The summed E-state index contributed by atoms with van der Waals surface area (Å²) in [6.45, 7) is 14.0. The van der Waals surface area contributed by atoms with Crippen molar-refractivity contribution in [2.45, 2.75) is 97.1 Å². The largest absolute Gasteiger partial charge is 0.487 e. The van der Waals surface area contributed by atoms with E-state index in [2.05, 4.69) is 48.1 Å². The number of halogens is 3. The Morgan fingerprint density at radius 3 is 2.50 bits per heavy atom. The molecule has 6 bridgehead atoms. The molecule has 5 heterocycles. The Balaban J connectivity index is 1.61. The maximum Gasteiger partial charge on any atom is 0.339 e. The third kappa shape index (κ3) is 7.34. The lowest BCUT2D eigenvalue weighted by Gasteiger charge is -2.42. The number of methoxy groups -OCH3 is 1. The molecule has 1 fully saturated rings. The molecule has 7 rings (SSSR count). The summed E-state index contributed by atoms with van der Waals surface area (Å²) >= 11 is 7.82. The lowest BCUT2D eigenvalue weighted by Crippen LogP contribution is -2.45. The first-order valence-electron chi connectivity index (χ1n) is 17.3. The normalized spacial score (nSPS) is 20.8. The molecule has 0 radical (unpaired) electrons. The summed E-state index contributed by atoms with van der Waals surface area (Å²) in [5, 5.41) is 0. The SMILES string of the molecule is COC(=O)C(OC(C)(C)C)c1c(C)c(Br)c2nc3c(Br)n2c1N1CCC(C)(CC1)OCCCCC(C)Oc1c(F)cccc1-c1cccc-3c1. The van der Waals surface area contributed by atoms with Gasteiger partial charge in [-0.05, 0) is 129 Å². The predicted octanol–water partition coefficient (Wildman–Crippen LogP) is 10.00. The minimum atomic E-state index is -0.999. The second-order valence-corrected chi connectivity index (χ2v) is 16.2. The van der Waals surface area contributed by atoms with Crippen molar-refractivity contribution in [1.29, 1.82) is 0 Å². The highest BCUT2D eigenvalue weighted by molar-refractivity contribution is 9.11. The smallest absolute Gasteiger partial charge is 0.339 e. The van der Waals surface area contributed by atoms with E-state index in [1.54, 1.807) is 6.07 Å². The van der Waals surface area contributed by atoms with Crippen LogP contribution in [0.5, 0.6) is 5.75 Å². The fraction of sp³-hybridized carbons (Fsp3) is 0.487. The van der Waals surface area contributed by atoms with Crippen molar-refractivity contribution < 1.29 is 28.1 Å². The van der Waals surface area contributed by atoms with Crippen molar-refractivity contribution in [3.05, 3.63) is 68.5 Å². The van der Waals surface area contributed by atoms with Gasteiger partial charge in [-0.1, -0.05) is 30.3 Å². The molecule has 1 saturated heterocycles. The monoisotopic (exact) mass is 813 g/mol. The van der Waals surface area contributed by atoms with Crippen LogP contribution in [0.4, 0.5) is 10.2 Å². The van der Waals surface area contributed by atoms with E-state index >= 15 is 4.39 Å². The van der Waals surface area contributed by atoms with Crippen LogP contribution in [0.15, 0.2) is 51.5 Å². The average molecular weight is 816 g/mol. The number of rotatable bonds is 3. The Bertz CT molecular complexity index is 1900. The van der Waals surface area contributed by atoms with Crippen molar-refractivity contribution in [2.24, 2.45) is 0 Å². The summed E-state index contributed by atoms with van der Waals surface area (Å²) < 4.78 is 43.6. The third-order valence-corrected chi connectivity index (χ3v) is 11.3. The molecule has 8 nitrogen and oxygen atoms in total. The minimum absolute atomic E-state index is 0.171. The van der Waals surface area contributed by atoms with Gasteiger partial charge in [0.25, 0.3) is 0 Å². The molecule has 50 heavy (non-hydrogen) atoms. The number of hydrogen-bond acceptors (Lipinski definition) is 7. The van der Waals surface area contributed by atoms with Crippen LogP contribution in [0.1, 0.15) is 84.0 Å². The van der Waals surface area contributed by atoms with Crippen molar-refractivity contribution in [3.8, 4) is 28.1 Å². The first-order valence-corrected chi connectivity index (χ1v) is 18.9. The van der Waals surface area contributed by atoms with E-state index in [4.69, 9.17) is 23.9 Å². The van der Waals surface area contributed by atoms with Crippen molar-refractivity contribution in [1.82, 2.24) is 9.38 Å². The van der Waals surface area contributed by atoms with Gasteiger partial charge in [0.15, 0.2) is 23.3 Å². The summed E-state index contributed by atoms with van der Waals surface area (Å²) in [7, 11) is 1.39. The number of anilines is 1. The van der Waals surface area contributed by atoms with Crippen molar-refractivity contribution in [2.75, 3.05) is 31.7 Å². The summed E-state index contributed by atoms with van der Waals surface area (Å²) in [5.74, 6) is 0.181. The van der Waals surface area contributed by atoms with Gasteiger partial charge in [0.1, 0.15) is 16.1 Å². The van der Waals surface area contributed by atoms with E-state index in [-0.39, 0.29) is 17.5 Å². The Labute approximate surface area is 310 Å². The lowest BCUT2D eigenvalue weighted by molar-refractivity contribution is -0.164. The van der Waals surface area contributed by atoms with Gasteiger partial charge < -0.3 is 23.8 Å². The number of para-hydroxylation sites is 1. The molecule has 0 saturated carbocycles. The second kappa shape index (κ2) is 14.6. The van der Waals surface area contributed by atoms with Crippen LogP contribution in [-0.2, 0) is 19.0 Å². The van der Waals surface area contributed by atoms with Crippen LogP contribution in [0.2, 0.25) is 0 Å². The van der Waals surface area contributed by atoms with Crippen LogP contribution >= 0.6 is 31.9 Å². The maximum absolute atomic E-state index is 15.4. The van der Waals surface area contributed by atoms with Gasteiger partial charge in [0, 0.05) is 36.4 Å². The Morgan fingerprint density at radius 2 is 1.80 bits per heavy atom. The summed E-state index contributed by atoms with van der Waals surface area (Å²) in [6, 6.07) is 13.0. The molecule has 2 aromatic heterocycles. The number of pyridine rings is 1. The number of nitrogens with zero attached hydrogens (tertiary/aromatic N) is 3. The zero-order chi connectivity index (χ0) is 36.0. The number of piperidine rings is 1. The van der Waals surface area contributed by atoms with Gasteiger partial charge in [-0.2, -0.15) is 0 Å². The van der Waals surface area contributed by atoms with E-state index in [1.807, 2.05) is 65.0 Å². The molecule has 2 aromatic carbocycles. The highest BCUT2D eigenvalue weighted by atomic mass is 79.9. The molecular formula is C39H46Br2FN3O5. The first-order chi connectivity index (χ1) is 23.7. The molecule has 4 aromatic rings.